The highest BCUT2D eigenvalue weighted by molar-refractivity contribution is 6.12. The molecule has 0 fully saturated rings. The minimum Gasteiger partial charge on any atom is -0.508 e. The van der Waals surface area contributed by atoms with Gasteiger partial charge in [-0.25, -0.2) is 4.79 Å². The summed E-state index contributed by atoms with van der Waals surface area (Å²) in [6.07, 6.45) is 0. The normalized spacial score (nSPS) is 10.0. The summed E-state index contributed by atoms with van der Waals surface area (Å²) in [5.74, 6) is -1.90. The molecule has 0 heterocycles. The van der Waals surface area contributed by atoms with Gasteiger partial charge in [0.25, 0.3) is 0 Å². The van der Waals surface area contributed by atoms with Crippen molar-refractivity contribution in [2.24, 2.45) is 0 Å². The SMILES string of the molecule is O=C(Oc1ccccc1)c1ccccc1O.O=C(c1ccc(O)cc1O)c1ccc(O)cc1O. The van der Waals surface area contributed by atoms with Gasteiger partial charge in [0.1, 0.15) is 40.1 Å². The summed E-state index contributed by atoms with van der Waals surface area (Å²) in [5, 5.41) is 46.8. The number of benzene rings is 4. The van der Waals surface area contributed by atoms with Crippen LogP contribution in [0, 0.1) is 0 Å². The standard InChI is InChI=1S/C13H10O5.C13H10O3/c14-7-1-3-9(11(16)5-7)13(18)10-4-2-8(15)6-12(10)17;14-12-9-5-4-8-11(12)13(15)16-10-6-2-1-3-7-10/h1-6,14-17H;1-9,14H. The second kappa shape index (κ2) is 10.6. The molecule has 0 aliphatic carbocycles. The van der Waals surface area contributed by atoms with E-state index in [2.05, 4.69) is 0 Å². The van der Waals surface area contributed by atoms with Crippen LogP contribution in [0.1, 0.15) is 26.3 Å². The minimum atomic E-state index is -0.606. The summed E-state index contributed by atoms with van der Waals surface area (Å²) in [4.78, 5) is 23.7. The number of aromatic hydroxyl groups is 5. The third-order valence-corrected chi connectivity index (χ3v) is 4.53. The zero-order chi connectivity index (χ0) is 24.7. The molecule has 0 aliphatic rings. The van der Waals surface area contributed by atoms with Crippen LogP contribution in [0.25, 0.3) is 0 Å². The van der Waals surface area contributed by atoms with E-state index in [0.29, 0.717) is 5.75 Å². The number of hydrogen-bond donors (Lipinski definition) is 5. The van der Waals surface area contributed by atoms with Crippen molar-refractivity contribution in [3.05, 3.63) is 108 Å². The zero-order valence-corrected chi connectivity index (χ0v) is 17.6. The lowest BCUT2D eigenvalue weighted by molar-refractivity contribution is 0.0731. The molecule has 4 aromatic carbocycles. The average molecular weight is 460 g/mol. The number of ketones is 1. The Morgan fingerprint density at radius 2 is 1.03 bits per heavy atom. The van der Waals surface area contributed by atoms with Crippen LogP contribution in [0.15, 0.2) is 91.0 Å². The first-order valence-electron chi connectivity index (χ1n) is 9.90. The lowest BCUT2D eigenvalue weighted by Gasteiger charge is -2.06. The number of carbonyl (C=O) groups excluding carboxylic acids is 2. The monoisotopic (exact) mass is 460 g/mol. The predicted octanol–water partition coefficient (Wildman–Crippen LogP) is 4.35. The molecule has 0 aliphatic heterocycles. The van der Waals surface area contributed by atoms with Gasteiger partial charge >= 0.3 is 5.97 Å². The van der Waals surface area contributed by atoms with Gasteiger partial charge in [-0.05, 0) is 48.5 Å². The number of phenols is 5. The molecule has 8 nitrogen and oxygen atoms in total. The van der Waals surface area contributed by atoms with E-state index in [4.69, 9.17) is 14.9 Å². The summed E-state index contributed by atoms with van der Waals surface area (Å²) >= 11 is 0. The molecule has 0 unspecified atom stereocenters. The Hall–Kier alpha value is -4.98. The van der Waals surface area contributed by atoms with Crippen molar-refractivity contribution >= 4 is 11.8 Å². The molecule has 0 aromatic heterocycles. The maximum absolute atomic E-state index is 12.0. The molecule has 0 radical (unpaired) electrons. The summed E-state index contributed by atoms with van der Waals surface area (Å²) in [5.41, 5.74) is 0.0638. The molecule has 0 saturated heterocycles. The lowest BCUT2D eigenvalue weighted by Crippen LogP contribution is -2.08. The van der Waals surface area contributed by atoms with Crippen LogP contribution < -0.4 is 4.74 Å². The van der Waals surface area contributed by atoms with Crippen LogP contribution in [0.3, 0.4) is 0 Å². The molecule has 0 bridgehead atoms. The number of rotatable bonds is 4. The number of phenolic OH excluding ortho intramolecular Hbond substituents is 5. The van der Waals surface area contributed by atoms with Crippen LogP contribution in [0.5, 0.6) is 34.5 Å². The Bertz CT molecular complexity index is 1260. The van der Waals surface area contributed by atoms with Crippen LogP contribution in [-0.4, -0.2) is 37.3 Å². The molecule has 0 amide bonds. The molecule has 5 N–H and O–H groups in total. The van der Waals surface area contributed by atoms with Gasteiger partial charge in [-0.1, -0.05) is 30.3 Å². The first-order chi connectivity index (χ1) is 16.3. The largest absolute Gasteiger partial charge is 0.508 e. The molecule has 172 valence electrons. The van der Waals surface area contributed by atoms with E-state index in [1.54, 1.807) is 36.4 Å². The third kappa shape index (κ3) is 5.83. The number of carbonyl (C=O) groups is 2. The minimum absolute atomic E-state index is 0.0474. The van der Waals surface area contributed by atoms with Gasteiger partial charge in [-0.3, -0.25) is 4.79 Å². The zero-order valence-electron chi connectivity index (χ0n) is 17.6. The smallest absolute Gasteiger partial charge is 0.347 e. The molecule has 4 rings (SSSR count). The van der Waals surface area contributed by atoms with E-state index in [0.717, 1.165) is 12.1 Å². The quantitative estimate of drug-likeness (QED) is 0.172. The fourth-order valence-corrected chi connectivity index (χ4v) is 2.87. The van der Waals surface area contributed by atoms with E-state index in [9.17, 15) is 24.9 Å². The summed E-state index contributed by atoms with van der Waals surface area (Å²) in [6.45, 7) is 0. The Kier molecular flexibility index (Phi) is 7.35. The van der Waals surface area contributed by atoms with Gasteiger partial charge in [0, 0.05) is 12.1 Å². The van der Waals surface area contributed by atoms with Crippen LogP contribution >= 0.6 is 0 Å². The lowest BCUT2D eigenvalue weighted by atomic mass is 10.0. The van der Waals surface area contributed by atoms with Crippen molar-refractivity contribution in [2.75, 3.05) is 0 Å². The topological polar surface area (TPSA) is 145 Å². The van der Waals surface area contributed by atoms with Gasteiger partial charge in [0.15, 0.2) is 5.78 Å². The van der Waals surface area contributed by atoms with Gasteiger partial charge in [0.05, 0.1) is 11.1 Å². The highest BCUT2D eigenvalue weighted by Crippen LogP contribution is 2.29. The van der Waals surface area contributed by atoms with E-state index in [1.165, 1.54) is 36.4 Å². The van der Waals surface area contributed by atoms with Gasteiger partial charge < -0.3 is 30.3 Å². The molecule has 0 atom stereocenters. The summed E-state index contributed by atoms with van der Waals surface area (Å²) < 4.78 is 5.08. The van der Waals surface area contributed by atoms with Crippen LogP contribution in [0.4, 0.5) is 0 Å². The van der Waals surface area contributed by atoms with Crippen LogP contribution in [-0.2, 0) is 0 Å². The highest BCUT2D eigenvalue weighted by Gasteiger charge is 2.17. The Labute approximate surface area is 194 Å². The summed E-state index contributed by atoms with van der Waals surface area (Å²) in [7, 11) is 0. The third-order valence-electron chi connectivity index (χ3n) is 4.53. The predicted molar refractivity (Wildman–Crippen MR) is 122 cm³/mol. The van der Waals surface area contributed by atoms with Gasteiger partial charge in [-0.2, -0.15) is 0 Å². The van der Waals surface area contributed by atoms with E-state index in [-0.39, 0.29) is 45.4 Å². The Balaban J connectivity index is 0.000000192. The second-order valence-electron chi connectivity index (χ2n) is 6.95. The highest BCUT2D eigenvalue weighted by atomic mass is 16.5. The Morgan fingerprint density at radius 3 is 1.53 bits per heavy atom. The molecule has 4 aromatic rings. The second-order valence-corrected chi connectivity index (χ2v) is 6.95. The number of hydrogen-bond acceptors (Lipinski definition) is 8. The van der Waals surface area contributed by atoms with Crippen molar-refractivity contribution < 1.29 is 39.9 Å². The van der Waals surface area contributed by atoms with Crippen molar-refractivity contribution in [3.63, 3.8) is 0 Å². The van der Waals surface area contributed by atoms with Gasteiger partial charge in [0.2, 0.25) is 0 Å². The molecular weight excluding hydrogens is 440 g/mol. The van der Waals surface area contributed by atoms with Crippen molar-refractivity contribution in [2.45, 2.75) is 0 Å². The molecule has 0 saturated carbocycles. The molecular formula is C26H20O8. The average Bonchev–Trinajstić information content (AvgIpc) is 2.80. The number of para-hydroxylation sites is 2. The van der Waals surface area contributed by atoms with Crippen molar-refractivity contribution in [1.82, 2.24) is 0 Å². The summed E-state index contributed by atoms with van der Waals surface area (Å²) in [6, 6.07) is 22.1. The van der Waals surface area contributed by atoms with E-state index < -0.39 is 11.8 Å². The fraction of sp³-hybridized carbons (Fsp3) is 0. The van der Waals surface area contributed by atoms with Crippen molar-refractivity contribution in [1.29, 1.82) is 0 Å². The number of esters is 1. The maximum atomic E-state index is 12.0. The van der Waals surface area contributed by atoms with Gasteiger partial charge in [-0.15, -0.1) is 0 Å². The Morgan fingerprint density at radius 1 is 0.529 bits per heavy atom. The van der Waals surface area contributed by atoms with E-state index >= 15 is 0 Å². The molecule has 34 heavy (non-hydrogen) atoms. The van der Waals surface area contributed by atoms with Crippen molar-refractivity contribution in [3.8, 4) is 34.5 Å². The number of ether oxygens (including phenoxy) is 1. The van der Waals surface area contributed by atoms with E-state index in [1.807, 2.05) is 6.07 Å². The van der Waals surface area contributed by atoms with Crippen LogP contribution in [0.2, 0.25) is 0 Å². The molecule has 0 spiro atoms. The first kappa shape index (κ1) is 23.7. The maximum Gasteiger partial charge on any atom is 0.347 e. The first-order valence-corrected chi connectivity index (χ1v) is 9.90. The molecule has 8 heteroatoms. The fourth-order valence-electron chi connectivity index (χ4n) is 2.87.